The second-order valence-electron chi connectivity index (χ2n) is 9.32. The molecule has 2 amide bonds. The molecule has 0 aromatic heterocycles. The summed E-state index contributed by atoms with van der Waals surface area (Å²) < 4.78 is 26.6. The Morgan fingerprint density at radius 2 is 1.82 bits per heavy atom. The van der Waals surface area contributed by atoms with Gasteiger partial charge >= 0.3 is 0 Å². The molecule has 1 atom stereocenters. The molecule has 1 N–H and O–H groups in total. The summed E-state index contributed by atoms with van der Waals surface area (Å²) in [6.07, 6.45) is 6.05. The van der Waals surface area contributed by atoms with Crippen LogP contribution in [-0.4, -0.2) is 88.8 Å². The van der Waals surface area contributed by atoms with Crippen molar-refractivity contribution in [2.75, 3.05) is 63.2 Å². The zero-order valence-corrected chi connectivity index (χ0v) is 20.4. The number of nitrogens with zero attached hydrogens (tertiary/aromatic N) is 4. The topological polar surface area (TPSA) is 93.3 Å². The fourth-order valence-corrected chi connectivity index (χ4v) is 5.93. The van der Waals surface area contributed by atoms with Crippen LogP contribution in [0.3, 0.4) is 0 Å². The van der Waals surface area contributed by atoms with Gasteiger partial charge in [0.2, 0.25) is 21.8 Å². The minimum Gasteiger partial charge on any atom is -0.358 e. The summed E-state index contributed by atoms with van der Waals surface area (Å²) in [5.41, 5.74) is 1.31. The summed E-state index contributed by atoms with van der Waals surface area (Å²) in [7, 11) is -0.703. The summed E-state index contributed by atoms with van der Waals surface area (Å²) in [5, 5.41) is 2.94. The Bertz CT molecular complexity index is 991. The van der Waals surface area contributed by atoms with Crippen LogP contribution in [0.4, 0.5) is 11.4 Å². The summed E-state index contributed by atoms with van der Waals surface area (Å²) in [4.78, 5) is 32.2. The van der Waals surface area contributed by atoms with Crippen molar-refractivity contribution < 1.29 is 18.0 Å². The van der Waals surface area contributed by atoms with Gasteiger partial charge in [-0.15, -0.1) is 0 Å². The van der Waals surface area contributed by atoms with Crippen molar-refractivity contribution in [3.05, 3.63) is 18.2 Å². The third-order valence-corrected chi connectivity index (χ3v) is 8.66. The number of amides is 2. The highest BCUT2D eigenvalue weighted by molar-refractivity contribution is 7.89. The summed E-state index contributed by atoms with van der Waals surface area (Å²) in [6, 6.07) is 4.60. The zero-order chi connectivity index (χ0) is 23.6. The molecule has 0 saturated carbocycles. The Kier molecular flexibility index (Phi) is 7.25. The number of piperidine rings is 1. The van der Waals surface area contributed by atoms with Crippen molar-refractivity contribution in [2.24, 2.45) is 0 Å². The van der Waals surface area contributed by atoms with Crippen molar-refractivity contribution in [3.63, 3.8) is 0 Å². The Morgan fingerprint density at radius 1 is 1.09 bits per heavy atom. The second-order valence-corrected chi connectivity index (χ2v) is 11.5. The van der Waals surface area contributed by atoms with E-state index in [0.29, 0.717) is 12.2 Å². The number of carbonyl (C=O) groups is 2. The van der Waals surface area contributed by atoms with Gasteiger partial charge in [-0.05, 0) is 76.4 Å². The molecular weight excluding hydrogens is 442 g/mol. The molecule has 0 spiro atoms. The molecular formula is C23H35N5O4S. The van der Waals surface area contributed by atoms with E-state index in [0.717, 1.165) is 61.9 Å². The Balaban J connectivity index is 1.52. The van der Waals surface area contributed by atoms with Crippen LogP contribution in [0.25, 0.3) is 0 Å². The van der Waals surface area contributed by atoms with Crippen molar-refractivity contribution in [1.29, 1.82) is 0 Å². The first-order valence-electron chi connectivity index (χ1n) is 11.9. The molecule has 182 valence electrons. The van der Waals surface area contributed by atoms with E-state index in [1.54, 1.807) is 12.1 Å². The van der Waals surface area contributed by atoms with Crippen molar-refractivity contribution in [3.8, 4) is 0 Å². The Morgan fingerprint density at radius 3 is 2.55 bits per heavy atom. The third kappa shape index (κ3) is 5.02. The van der Waals surface area contributed by atoms with E-state index < -0.39 is 10.0 Å². The van der Waals surface area contributed by atoms with E-state index in [-0.39, 0.29) is 29.3 Å². The van der Waals surface area contributed by atoms with Crippen LogP contribution in [0.15, 0.2) is 23.1 Å². The van der Waals surface area contributed by atoms with E-state index in [2.05, 4.69) is 15.1 Å². The van der Waals surface area contributed by atoms with E-state index in [1.165, 1.54) is 37.9 Å². The maximum absolute atomic E-state index is 13.4. The summed E-state index contributed by atoms with van der Waals surface area (Å²) >= 11 is 0. The van der Waals surface area contributed by atoms with Crippen LogP contribution >= 0.6 is 0 Å². The van der Waals surface area contributed by atoms with Crippen LogP contribution in [0.5, 0.6) is 0 Å². The van der Waals surface area contributed by atoms with Crippen LogP contribution in [0.2, 0.25) is 0 Å². The molecule has 0 unspecified atom stereocenters. The van der Waals surface area contributed by atoms with E-state index in [9.17, 15) is 18.0 Å². The number of hydrogen-bond donors (Lipinski definition) is 1. The van der Waals surface area contributed by atoms with Crippen LogP contribution in [0.1, 0.15) is 38.5 Å². The molecule has 9 nitrogen and oxygen atoms in total. The lowest BCUT2D eigenvalue weighted by atomic mass is 9.96. The smallest absolute Gasteiger partial charge is 0.250 e. The van der Waals surface area contributed by atoms with Gasteiger partial charge in [0.15, 0.2) is 0 Å². The minimum atomic E-state index is -3.66. The van der Waals surface area contributed by atoms with Gasteiger partial charge in [-0.25, -0.2) is 12.7 Å². The fraction of sp³-hybridized carbons (Fsp3) is 0.652. The minimum absolute atomic E-state index is 0.106. The molecule has 0 aliphatic carbocycles. The first kappa shape index (κ1) is 24.0. The van der Waals surface area contributed by atoms with Gasteiger partial charge < -0.3 is 15.1 Å². The lowest BCUT2D eigenvalue weighted by molar-refractivity contribution is -0.125. The largest absolute Gasteiger partial charge is 0.358 e. The number of hydrogen-bond acceptors (Lipinski definition) is 6. The first-order valence-corrected chi connectivity index (χ1v) is 13.4. The quantitative estimate of drug-likeness (QED) is 0.567. The first-order chi connectivity index (χ1) is 15.8. The molecule has 3 aliphatic rings. The SMILES string of the molecule is CN(C)S(=O)(=O)c1ccc2c(c1)N(CC(=O)NCCCN1CCCC1)C(=O)[C@H]1CCCCN21. The number of benzene rings is 1. The van der Waals surface area contributed by atoms with Crippen LogP contribution < -0.4 is 15.1 Å². The molecule has 0 bridgehead atoms. The predicted octanol–water partition coefficient (Wildman–Crippen LogP) is 1.24. The highest BCUT2D eigenvalue weighted by Crippen LogP contribution is 2.40. The number of fused-ring (bicyclic) bond motifs is 3. The number of likely N-dealkylation sites (tertiary alicyclic amines) is 1. The molecule has 10 heteroatoms. The number of anilines is 2. The van der Waals surface area contributed by atoms with Gasteiger partial charge in [0.25, 0.3) is 0 Å². The normalized spacial score (nSPS) is 21.3. The van der Waals surface area contributed by atoms with Gasteiger partial charge in [-0.1, -0.05) is 0 Å². The summed E-state index contributed by atoms with van der Waals surface area (Å²) in [5.74, 6) is -0.352. The highest BCUT2D eigenvalue weighted by Gasteiger charge is 2.40. The number of nitrogens with one attached hydrogen (secondary N) is 1. The Hall–Kier alpha value is -2.17. The maximum Gasteiger partial charge on any atom is 0.250 e. The average Bonchev–Trinajstić information content (AvgIpc) is 3.32. The van der Waals surface area contributed by atoms with Crippen LogP contribution in [-0.2, 0) is 19.6 Å². The van der Waals surface area contributed by atoms with Gasteiger partial charge in [-0.2, -0.15) is 0 Å². The van der Waals surface area contributed by atoms with Gasteiger partial charge in [0, 0.05) is 27.2 Å². The van der Waals surface area contributed by atoms with Crippen molar-refractivity contribution in [2.45, 2.75) is 49.5 Å². The molecule has 1 aromatic rings. The van der Waals surface area contributed by atoms with Crippen molar-refractivity contribution in [1.82, 2.24) is 14.5 Å². The molecule has 2 fully saturated rings. The summed E-state index contributed by atoms with van der Waals surface area (Å²) in [6.45, 7) is 4.43. The fourth-order valence-electron chi connectivity index (χ4n) is 5.01. The monoisotopic (exact) mass is 477 g/mol. The lowest BCUT2D eigenvalue weighted by Crippen LogP contribution is -2.57. The average molecular weight is 478 g/mol. The molecule has 1 aromatic carbocycles. The van der Waals surface area contributed by atoms with Crippen molar-refractivity contribution >= 4 is 33.2 Å². The highest BCUT2D eigenvalue weighted by atomic mass is 32.2. The molecule has 3 aliphatic heterocycles. The van der Waals surface area contributed by atoms with E-state index in [1.807, 2.05) is 0 Å². The van der Waals surface area contributed by atoms with E-state index in [4.69, 9.17) is 0 Å². The third-order valence-electron chi connectivity index (χ3n) is 6.85. The standard InChI is InChI=1S/C23H35N5O4S/c1-25(2)33(31,32)18-9-10-19-21(16-18)28(23(30)20-8-3-4-15-27(19)20)17-22(29)24-11-7-14-26-12-5-6-13-26/h9-10,16,20H,3-8,11-15,17H2,1-2H3,(H,24,29)/t20-/m1/s1. The molecule has 0 radical (unpaired) electrons. The molecule has 33 heavy (non-hydrogen) atoms. The Labute approximate surface area is 196 Å². The maximum atomic E-state index is 13.4. The number of sulfonamides is 1. The predicted molar refractivity (Wildman–Crippen MR) is 128 cm³/mol. The molecule has 2 saturated heterocycles. The molecule has 3 heterocycles. The van der Waals surface area contributed by atoms with Gasteiger partial charge in [0.05, 0.1) is 16.3 Å². The van der Waals surface area contributed by atoms with Crippen LogP contribution in [0, 0.1) is 0 Å². The zero-order valence-electron chi connectivity index (χ0n) is 19.6. The van der Waals surface area contributed by atoms with Gasteiger partial charge in [0.1, 0.15) is 12.6 Å². The second kappa shape index (κ2) is 9.99. The lowest BCUT2D eigenvalue weighted by Gasteiger charge is -2.45. The van der Waals surface area contributed by atoms with Gasteiger partial charge in [-0.3, -0.25) is 14.5 Å². The number of rotatable bonds is 8. The number of carbonyl (C=O) groups excluding carboxylic acids is 2. The van der Waals surface area contributed by atoms with E-state index >= 15 is 0 Å². The molecule has 4 rings (SSSR count).